The van der Waals surface area contributed by atoms with Crippen molar-refractivity contribution >= 4 is 0 Å². The molecule has 2 aliphatic carbocycles. The molecule has 1 heteroatoms. The molecule has 3 rings (SSSR count). The fraction of sp³-hybridized carbons (Fsp3) is 0.625. The van der Waals surface area contributed by atoms with Crippen LogP contribution in [0.3, 0.4) is 0 Å². The molecule has 2 saturated carbocycles. The number of rotatable bonds is 4. The van der Waals surface area contributed by atoms with Gasteiger partial charge in [0.1, 0.15) is 0 Å². The minimum absolute atomic E-state index is 0.594. The van der Waals surface area contributed by atoms with Crippen LogP contribution in [-0.4, -0.2) is 7.05 Å². The molecule has 17 heavy (non-hydrogen) atoms. The first-order valence-electron chi connectivity index (χ1n) is 7.11. The first-order chi connectivity index (χ1) is 8.35. The highest BCUT2D eigenvalue weighted by atomic mass is 14.9. The maximum atomic E-state index is 3.56. The molecule has 3 unspecified atom stereocenters. The van der Waals surface area contributed by atoms with Gasteiger partial charge in [-0.15, -0.1) is 0 Å². The molecule has 3 atom stereocenters. The summed E-state index contributed by atoms with van der Waals surface area (Å²) in [6, 6.07) is 9.75. The molecule has 1 aromatic carbocycles. The van der Waals surface area contributed by atoms with E-state index >= 15 is 0 Å². The van der Waals surface area contributed by atoms with E-state index in [0.717, 1.165) is 24.2 Å². The fourth-order valence-electron chi connectivity index (χ4n) is 3.96. The van der Waals surface area contributed by atoms with Crippen molar-refractivity contribution in [1.82, 2.24) is 5.32 Å². The third-order valence-corrected chi connectivity index (χ3v) is 4.89. The Kier molecular flexibility index (Phi) is 2.96. The average molecular weight is 229 g/mol. The van der Waals surface area contributed by atoms with Gasteiger partial charge >= 0.3 is 0 Å². The van der Waals surface area contributed by atoms with Crippen LogP contribution in [0.15, 0.2) is 24.3 Å². The van der Waals surface area contributed by atoms with Crippen molar-refractivity contribution < 1.29 is 0 Å². The lowest BCUT2D eigenvalue weighted by molar-refractivity contribution is 0.444. The second-order valence-electron chi connectivity index (χ2n) is 5.70. The van der Waals surface area contributed by atoms with Crippen LogP contribution in [0.2, 0.25) is 0 Å². The van der Waals surface area contributed by atoms with Gasteiger partial charge in [-0.25, -0.2) is 0 Å². The van der Waals surface area contributed by atoms with Gasteiger partial charge in [0.25, 0.3) is 0 Å². The normalized spacial score (nSPS) is 32.2. The van der Waals surface area contributed by atoms with E-state index in [1.54, 1.807) is 0 Å². The lowest BCUT2D eigenvalue weighted by atomic mass is 9.95. The Hall–Kier alpha value is -0.820. The molecule has 0 aromatic heterocycles. The highest BCUT2D eigenvalue weighted by Gasteiger charge is 2.55. The van der Waals surface area contributed by atoms with Crippen LogP contribution in [0, 0.1) is 17.8 Å². The number of hydrogen-bond acceptors (Lipinski definition) is 1. The first-order valence-corrected chi connectivity index (χ1v) is 7.11. The van der Waals surface area contributed by atoms with Gasteiger partial charge in [0.2, 0.25) is 0 Å². The summed E-state index contributed by atoms with van der Waals surface area (Å²) in [4.78, 5) is 0. The molecule has 1 aromatic rings. The average Bonchev–Trinajstić information content (AvgIpc) is 2.85. The largest absolute Gasteiger partial charge is 0.313 e. The first kappa shape index (κ1) is 11.3. The summed E-state index contributed by atoms with van der Waals surface area (Å²) in [6.07, 6.45) is 5.56. The standard InChI is InChI=1S/C16H23N/c1-3-11-6-4-7-12(10-11)16(17-2)15-13-8-5-9-14(13)15/h4,6-7,10,13-17H,3,5,8-9H2,1-2H3. The van der Waals surface area contributed by atoms with Crippen LogP contribution in [0.1, 0.15) is 43.4 Å². The minimum Gasteiger partial charge on any atom is -0.313 e. The van der Waals surface area contributed by atoms with E-state index in [2.05, 4.69) is 43.6 Å². The molecular weight excluding hydrogens is 206 g/mol. The molecule has 2 fully saturated rings. The quantitative estimate of drug-likeness (QED) is 0.832. The number of nitrogens with one attached hydrogen (secondary N) is 1. The van der Waals surface area contributed by atoms with E-state index in [1.807, 2.05) is 0 Å². The van der Waals surface area contributed by atoms with Crippen LogP contribution in [0.4, 0.5) is 0 Å². The summed E-state index contributed by atoms with van der Waals surface area (Å²) in [5.41, 5.74) is 2.97. The lowest BCUT2D eigenvalue weighted by Gasteiger charge is -2.19. The van der Waals surface area contributed by atoms with Gasteiger partial charge in [0.05, 0.1) is 0 Å². The van der Waals surface area contributed by atoms with Crippen molar-refractivity contribution in [3.8, 4) is 0 Å². The Balaban J connectivity index is 1.80. The van der Waals surface area contributed by atoms with Crippen molar-refractivity contribution in [1.29, 1.82) is 0 Å². The highest BCUT2D eigenvalue weighted by molar-refractivity contribution is 5.28. The number of fused-ring (bicyclic) bond motifs is 1. The number of hydrogen-bond donors (Lipinski definition) is 1. The van der Waals surface area contributed by atoms with Crippen LogP contribution in [-0.2, 0) is 6.42 Å². The van der Waals surface area contributed by atoms with Gasteiger partial charge in [-0.2, -0.15) is 0 Å². The maximum Gasteiger partial charge on any atom is 0.0351 e. The van der Waals surface area contributed by atoms with E-state index in [9.17, 15) is 0 Å². The topological polar surface area (TPSA) is 12.0 Å². The summed E-state index contributed by atoms with van der Waals surface area (Å²) >= 11 is 0. The van der Waals surface area contributed by atoms with Crippen molar-refractivity contribution in [2.24, 2.45) is 17.8 Å². The summed E-state index contributed by atoms with van der Waals surface area (Å²) in [7, 11) is 2.12. The molecule has 0 saturated heterocycles. The number of aryl methyl sites for hydroxylation is 1. The van der Waals surface area contributed by atoms with E-state index in [0.29, 0.717) is 6.04 Å². The molecule has 0 bridgehead atoms. The molecule has 1 N–H and O–H groups in total. The Morgan fingerprint density at radius 2 is 2.06 bits per heavy atom. The summed E-state index contributed by atoms with van der Waals surface area (Å²) in [5, 5.41) is 3.56. The SMILES string of the molecule is CCc1cccc(C(NC)C2C3CCCC32)c1. The zero-order valence-corrected chi connectivity index (χ0v) is 10.9. The molecule has 0 radical (unpaired) electrons. The Morgan fingerprint density at radius 3 is 2.71 bits per heavy atom. The monoisotopic (exact) mass is 229 g/mol. The fourth-order valence-corrected chi connectivity index (χ4v) is 3.96. The third-order valence-electron chi connectivity index (χ3n) is 4.89. The van der Waals surface area contributed by atoms with Gasteiger partial charge in [-0.3, -0.25) is 0 Å². The third kappa shape index (κ3) is 1.91. The Morgan fingerprint density at radius 1 is 1.29 bits per heavy atom. The predicted molar refractivity (Wildman–Crippen MR) is 71.9 cm³/mol. The second-order valence-corrected chi connectivity index (χ2v) is 5.70. The molecule has 0 amide bonds. The molecule has 92 valence electrons. The van der Waals surface area contributed by atoms with Gasteiger partial charge in [0, 0.05) is 6.04 Å². The van der Waals surface area contributed by atoms with Crippen LogP contribution >= 0.6 is 0 Å². The predicted octanol–water partition coefficient (Wildman–Crippen LogP) is 3.56. The van der Waals surface area contributed by atoms with Gasteiger partial charge in [-0.05, 0) is 55.2 Å². The van der Waals surface area contributed by atoms with E-state index in [1.165, 1.54) is 30.4 Å². The molecule has 0 heterocycles. The van der Waals surface area contributed by atoms with Crippen molar-refractivity contribution in [2.75, 3.05) is 7.05 Å². The molecular formula is C16H23N. The number of benzene rings is 1. The van der Waals surface area contributed by atoms with E-state index in [-0.39, 0.29) is 0 Å². The maximum absolute atomic E-state index is 3.56. The Bertz CT molecular complexity index is 388. The second kappa shape index (κ2) is 4.45. The van der Waals surface area contributed by atoms with Crippen molar-refractivity contribution in [2.45, 2.75) is 38.6 Å². The minimum atomic E-state index is 0.594. The molecule has 0 aliphatic heterocycles. The van der Waals surface area contributed by atoms with Gasteiger partial charge in [0.15, 0.2) is 0 Å². The summed E-state index contributed by atoms with van der Waals surface area (Å²) in [6.45, 7) is 2.24. The van der Waals surface area contributed by atoms with Gasteiger partial charge < -0.3 is 5.32 Å². The van der Waals surface area contributed by atoms with E-state index in [4.69, 9.17) is 0 Å². The summed E-state index contributed by atoms with van der Waals surface area (Å²) < 4.78 is 0. The van der Waals surface area contributed by atoms with Crippen LogP contribution in [0.25, 0.3) is 0 Å². The summed E-state index contributed by atoms with van der Waals surface area (Å²) in [5.74, 6) is 2.97. The van der Waals surface area contributed by atoms with E-state index < -0.39 is 0 Å². The zero-order chi connectivity index (χ0) is 11.8. The molecule has 1 nitrogen and oxygen atoms in total. The lowest BCUT2D eigenvalue weighted by Crippen LogP contribution is -2.20. The van der Waals surface area contributed by atoms with Crippen LogP contribution < -0.4 is 5.32 Å². The highest BCUT2D eigenvalue weighted by Crippen LogP contribution is 2.62. The van der Waals surface area contributed by atoms with Gasteiger partial charge in [-0.1, -0.05) is 37.6 Å². The van der Waals surface area contributed by atoms with Crippen LogP contribution in [0.5, 0.6) is 0 Å². The Labute approximate surface area is 105 Å². The zero-order valence-electron chi connectivity index (χ0n) is 10.9. The molecule has 0 spiro atoms. The van der Waals surface area contributed by atoms with Crippen molar-refractivity contribution in [3.05, 3.63) is 35.4 Å². The molecule has 2 aliphatic rings. The smallest absolute Gasteiger partial charge is 0.0351 e. The van der Waals surface area contributed by atoms with Crippen molar-refractivity contribution in [3.63, 3.8) is 0 Å².